The quantitative estimate of drug-likeness (QED) is 0.885. The van der Waals surface area contributed by atoms with Gasteiger partial charge in [-0.1, -0.05) is 13.0 Å². The minimum absolute atomic E-state index is 0.0387. The Bertz CT molecular complexity index is 465. The maximum atomic E-state index is 13.4. The second kappa shape index (κ2) is 6.28. The summed E-state index contributed by atoms with van der Waals surface area (Å²) in [5, 5.41) is 2.28. The highest BCUT2D eigenvalue weighted by molar-refractivity contribution is 5.92. The summed E-state index contributed by atoms with van der Waals surface area (Å²) in [5.74, 6) is -1.57. The number of benzene rings is 1. The molecule has 1 aromatic carbocycles. The van der Waals surface area contributed by atoms with E-state index >= 15 is 0 Å². The zero-order chi connectivity index (χ0) is 14.7. The first-order valence-electron chi connectivity index (χ1n) is 6.67. The summed E-state index contributed by atoms with van der Waals surface area (Å²) in [7, 11) is 0. The molecule has 110 valence electrons. The number of amides is 1. The fourth-order valence-electron chi connectivity index (χ4n) is 2.64. The third kappa shape index (κ3) is 3.74. The number of hydrogen-bond donors (Lipinski definition) is 2. The van der Waals surface area contributed by atoms with Crippen molar-refractivity contribution in [2.24, 2.45) is 11.7 Å². The molecule has 0 aliphatic carbocycles. The Hall–Kier alpha value is -1.53. The van der Waals surface area contributed by atoms with Crippen molar-refractivity contribution < 1.29 is 13.6 Å². The molecule has 2 unspecified atom stereocenters. The number of carbonyl (C=O) groups is 1. The number of nitrogens with one attached hydrogen (secondary N) is 1. The number of nitrogens with zero attached hydrogens (tertiary/aromatic N) is 1. The van der Waals surface area contributed by atoms with E-state index in [1.54, 1.807) is 0 Å². The van der Waals surface area contributed by atoms with E-state index in [1.807, 2.05) is 4.90 Å². The molecular formula is C14H19F2N3O. The second-order valence-electron chi connectivity index (χ2n) is 5.44. The molecule has 3 N–H and O–H groups in total. The highest BCUT2D eigenvalue weighted by Gasteiger charge is 2.24. The summed E-state index contributed by atoms with van der Waals surface area (Å²) in [6.07, 6.45) is 0.931. The number of para-hydroxylation sites is 1. The number of halogens is 2. The topological polar surface area (TPSA) is 58.4 Å². The first kappa shape index (κ1) is 14.9. The number of rotatable bonds is 3. The van der Waals surface area contributed by atoms with Gasteiger partial charge in [0.25, 0.3) is 0 Å². The zero-order valence-electron chi connectivity index (χ0n) is 11.4. The van der Waals surface area contributed by atoms with Crippen LogP contribution < -0.4 is 11.1 Å². The molecule has 1 aromatic rings. The lowest BCUT2D eigenvalue weighted by atomic mass is 9.97. The van der Waals surface area contributed by atoms with Crippen molar-refractivity contribution in [2.75, 3.05) is 25.0 Å². The van der Waals surface area contributed by atoms with Crippen LogP contribution in [0, 0.1) is 17.6 Å². The molecule has 6 heteroatoms. The summed E-state index contributed by atoms with van der Waals surface area (Å²) in [4.78, 5) is 13.8. The SMILES string of the molecule is CC1CC(N)CN(CC(=O)Nc2c(F)cccc2F)C1. The number of carbonyl (C=O) groups excluding carboxylic acids is 1. The van der Waals surface area contributed by atoms with Crippen LogP contribution in [0.25, 0.3) is 0 Å². The third-order valence-corrected chi connectivity index (χ3v) is 3.36. The van der Waals surface area contributed by atoms with Gasteiger partial charge in [0.05, 0.1) is 6.54 Å². The molecule has 0 spiro atoms. The number of likely N-dealkylation sites (tertiary alicyclic amines) is 1. The van der Waals surface area contributed by atoms with E-state index < -0.39 is 23.2 Å². The maximum absolute atomic E-state index is 13.4. The van der Waals surface area contributed by atoms with Crippen LogP contribution in [0.2, 0.25) is 0 Å². The average Bonchev–Trinajstić information content (AvgIpc) is 2.32. The number of hydrogen-bond acceptors (Lipinski definition) is 3. The van der Waals surface area contributed by atoms with Crippen LogP contribution in [0.4, 0.5) is 14.5 Å². The molecule has 2 atom stereocenters. The molecule has 20 heavy (non-hydrogen) atoms. The molecule has 0 saturated carbocycles. The van der Waals surface area contributed by atoms with E-state index in [4.69, 9.17) is 5.73 Å². The largest absolute Gasteiger partial charge is 0.327 e. The third-order valence-electron chi connectivity index (χ3n) is 3.36. The van der Waals surface area contributed by atoms with Gasteiger partial charge >= 0.3 is 0 Å². The van der Waals surface area contributed by atoms with Crippen molar-refractivity contribution in [3.63, 3.8) is 0 Å². The smallest absolute Gasteiger partial charge is 0.238 e. The van der Waals surface area contributed by atoms with E-state index in [2.05, 4.69) is 12.2 Å². The van der Waals surface area contributed by atoms with Gasteiger partial charge in [-0.2, -0.15) is 0 Å². The fraction of sp³-hybridized carbons (Fsp3) is 0.500. The Morgan fingerprint density at radius 2 is 2.05 bits per heavy atom. The van der Waals surface area contributed by atoms with E-state index in [9.17, 15) is 13.6 Å². The zero-order valence-corrected chi connectivity index (χ0v) is 11.4. The van der Waals surface area contributed by atoms with Crippen molar-refractivity contribution in [3.8, 4) is 0 Å². The van der Waals surface area contributed by atoms with Gasteiger partial charge in [0.1, 0.15) is 17.3 Å². The molecule has 2 rings (SSSR count). The summed E-state index contributed by atoms with van der Waals surface area (Å²) in [6.45, 7) is 3.55. The van der Waals surface area contributed by atoms with Crippen LogP contribution in [0.1, 0.15) is 13.3 Å². The van der Waals surface area contributed by atoms with E-state index in [-0.39, 0.29) is 12.6 Å². The summed E-state index contributed by atoms with van der Waals surface area (Å²) in [6, 6.07) is 3.51. The molecule has 1 fully saturated rings. The van der Waals surface area contributed by atoms with Gasteiger partial charge in [0, 0.05) is 19.1 Å². The Labute approximate surface area is 116 Å². The fourth-order valence-corrected chi connectivity index (χ4v) is 2.64. The van der Waals surface area contributed by atoms with Crippen LogP contribution >= 0.6 is 0 Å². The predicted molar refractivity (Wildman–Crippen MR) is 73.2 cm³/mol. The summed E-state index contributed by atoms with van der Waals surface area (Å²) in [5.41, 5.74) is 5.50. The van der Waals surface area contributed by atoms with Crippen LogP contribution in [0.3, 0.4) is 0 Å². The van der Waals surface area contributed by atoms with Crippen LogP contribution in [-0.2, 0) is 4.79 Å². The van der Waals surface area contributed by atoms with Crippen molar-refractivity contribution in [2.45, 2.75) is 19.4 Å². The van der Waals surface area contributed by atoms with Crippen LogP contribution in [-0.4, -0.2) is 36.5 Å². The van der Waals surface area contributed by atoms with Gasteiger partial charge < -0.3 is 11.1 Å². The molecule has 0 bridgehead atoms. The lowest BCUT2D eigenvalue weighted by Crippen LogP contribution is -2.48. The highest BCUT2D eigenvalue weighted by atomic mass is 19.1. The maximum Gasteiger partial charge on any atom is 0.238 e. The molecule has 4 nitrogen and oxygen atoms in total. The molecule has 1 aliphatic rings. The standard InChI is InChI=1S/C14H19F2N3O/c1-9-5-10(17)7-19(6-9)8-13(20)18-14-11(15)3-2-4-12(14)16/h2-4,9-10H,5-8,17H2,1H3,(H,18,20). The van der Waals surface area contributed by atoms with Gasteiger partial charge in [0.15, 0.2) is 0 Å². The molecule has 1 aliphatic heterocycles. The van der Waals surface area contributed by atoms with E-state index in [1.165, 1.54) is 6.07 Å². The number of piperidine rings is 1. The Morgan fingerprint density at radius 3 is 2.65 bits per heavy atom. The molecule has 1 amide bonds. The first-order valence-corrected chi connectivity index (χ1v) is 6.67. The number of anilines is 1. The lowest BCUT2D eigenvalue weighted by Gasteiger charge is -2.34. The molecule has 0 aromatic heterocycles. The van der Waals surface area contributed by atoms with Gasteiger partial charge in [-0.15, -0.1) is 0 Å². The molecule has 0 radical (unpaired) electrons. The monoisotopic (exact) mass is 283 g/mol. The number of nitrogens with two attached hydrogens (primary N) is 1. The average molecular weight is 283 g/mol. The summed E-state index contributed by atoms with van der Waals surface area (Å²) >= 11 is 0. The van der Waals surface area contributed by atoms with Crippen LogP contribution in [0.5, 0.6) is 0 Å². The lowest BCUT2D eigenvalue weighted by molar-refractivity contribution is -0.117. The summed E-state index contributed by atoms with van der Waals surface area (Å²) < 4.78 is 26.9. The predicted octanol–water partition coefficient (Wildman–Crippen LogP) is 1.57. The van der Waals surface area contributed by atoms with Crippen molar-refractivity contribution in [1.82, 2.24) is 4.90 Å². The van der Waals surface area contributed by atoms with Crippen molar-refractivity contribution in [3.05, 3.63) is 29.8 Å². The van der Waals surface area contributed by atoms with Gasteiger partial charge in [-0.25, -0.2) is 8.78 Å². The van der Waals surface area contributed by atoms with E-state index in [0.717, 1.165) is 25.1 Å². The van der Waals surface area contributed by atoms with Gasteiger partial charge in [-0.05, 0) is 24.5 Å². The minimum Gasteiger partial charge on any atom is -0.327 e. The molecule has 1 heterocycles. The van der Waals surface area contributed by atoms with Gasteiger partial charge in [-0.3, -0.25) is 9.69 Å². The Kier molecular flexibility index (Phi) is 4.67. The first-order chi connectivity index (χ1) is 9.45. The van der Waals surface area contributed by atoms with Crippen molar-refractivity contribution in [1.29, 1.82) is 0 Å². The Morgan fingerprint density at radius 1 is 1.40 bits per heavy atom. The van der Waals surface area contributed by atoms with E-state index in [0.29, 0.717) is 12.5 Å². The highest BCUT2D eigenvalue weighted by Crippen LogP contribution is 2.19. The minimum atomic E-state index is -0.776. The Balaban J connectivity index is 1.95. The molecule has 1 saturated heterocycles. The van der Waals surface area contributed by atoms with Gasteiger partial charge in [0.2, 0.25) is 5.91 Å². The van der Waals surface area contributed by atoms with Crippen molar-refractivity contribution >= 4 is 11.6 Å². The second-order valence-corrected chi connectivity index (χ2v) is 5.44. The van der Waals surface area contributed by atoms with Crippen LogP contribution in [0.15, 0.2) is 18.2 Å². The molecular weight excluding hydrogens is 264 g/mol. The normalized spacial score (nSPS) is 23.6.